The second kappa shape index (κ2) is 11.6. The summed E-state index contributed by atoms with van der Waals surface area (Å²) in [7, 11) is 0. The summed E-state index contributed by atoms with van der Waals surface area (Å²) < 4.78 is 47.6. The predicted molar refractivity (Wildman–Crippen MR) is 150 cm³/mol. The molecular formula is C29H24F3N9O3. The Kier molecular flexibility index (Phi) is 7.56. The number of hydrogen-bond acceptors (Lipinski definition) is 10. The Morgan fingerprint density at radius 2 is 1.86 bits per heavy atom. The van der Waals surface area contributed by atoms with E-state index < -0.39 is 23.3 Å². The summed E-state index contributed by atoms with van der Waals surface area (Å²) in [5.74, 6) is 0.403. The van der Waals surface area contributed by atoms with Gasteiger partial charge in [-0.15, -0.1) is 0 Å². The van der Waals surface area contributed by atoms with Crippen LogP contribution in [-0.4, -0.2) is 68.7 Å². The molecule has 3 aromatic heterocycles. The number of benzene rings is 1. The molecule has 0 aliphatic carbocycles. The van der Waals surface area contributed by atoms with Crippen LogP contribution in [0.3, 0.4) is 0 Å². The highest BCUT2D eigenvalue weighted by Crippen LogP contribution is 2.42. The number of nitriles is 1. The Labute approximate surface area is 248 Å². The van der Waals surface area contributed by atoms with Crippen molar-refractivity contribution in [3.63, 3.8) is 0 Å². The fourth-order valence-electron chi connectivity index (χ4n) is 5.40. The fourth-order valence-corrected chi connectivity index (χ4v) is 5.40. The number of alkyl halides is 3. The number of fused-ring (bicyclic) bond motifs is 1. The molecule has 12 nitrogen and oxygen atoms in total. The van der Waals surface area contributed by atoms with Gasteiger partial charge in [-0.25, -0.2) is 15.1 Å². The van der Waals surface area contributed by atoms with E-state index in [0.717, 1.165) is 17.3 Å². The number of piperazine rings is 1. The molecule has 2 aliphatic heterocycles. The first-order valence-electron chi connectivity index (χ1n) is 13.6. The lowest BCUT2D eigenvalue weighted by Crippen LogP contribution is -2.49. The van der Waals surface area contributed by atoms with Gasteiger partial charge in [-0.2, -0.15) is 23.5 Å². The Morgan fingerprint density at radius 3 is 2.59 bits per heavy atom. The molecule has 1 saturated heterocycles. The molecule has 5 heterocycles. The minimum absolute atomic E-state index is 0.0284. The van der Waals surface area contributed by atoms with Crippen molar-refractivity contribution >= 4 is 17.4 Å². The first kappa shape index (κ1) is 28.6. The number of carbonyl (C=O) groups is 1. The van der Waals surface area contributed by atoms with Crippen molar-refractivity contribution in [3.8, 4) is 11.9 Å². The van der Waals surface area contributed by atoms with Gasteiger partial charge in [-0.3, -0.25) is 14.6 Å². The lowest BCUT2D eigenvalue weighted by Gasteiger charge is -2.35. The van der Waals surface area contributed by atoms with Crippen molar-refractivity contribution in [3.05, 3.63) is 99.5 Å². The Balaban J connectivity index is 1.16. The molecule has 1 unspecified atom stereocenters. The molecule has 0 spiro atoms. The monoisotopic (exact) mass is 603 g/mol. The molecule has 224 valence electrons. The van der Waals surface area contributed by atoms with Gasteiger partial charge >= 0.3 is 6.18 Å². The Hall–Kier alpha value is -5.52. The van der Waals surface area contributed by atoms with Crippen LogP contribution >= 0.6 is 0 Å². The van der Waals surface area contributed by atoms with E-state index >= 15 is 0 Å². The van der Waals surface area contributed by atoms with E-state index in [1.807, 2.05) is 16.1 Å². The van der Waals surface area contributed by atoms with Crippen molar-refractivity contribution in [2.45, 2.75) is 18.8 Å². The number of anilines is 2. The summed E-state index contributed by atoms with van der Waals surface area (Å²) in [6.45, 7) is 1.85. The van der Waals surface area contributed by atoms with Gasteiger partial charge < -0.3 is 19.4 Å². The van der Waals surface area contributed by atoms with E-state index in [4.69, 9.17) is 10.00 Å². The fraction of sp³-hybridized carbons (Fsp3) is 0.276. The largest absolute Gasteiger partial charge is 0.474 e. The number of nitrogens with zero attached hydrogens (tertiary/aromatic N) is 8. The number of nitrogens with one attached hydrogen (secondary N) is 1. The number of hydrogen-bond donors (Lipinski definition) is 1. The normalized spacial score (nSPS) is 16.4. The van der Waals surface area contributed by atoms with Crippen molar-refractivity contribution in [2.75, 3.05) is 42.6 Å². The van der Waals surface area contributed by atoms with Gasteiger partial charge in [0, 0.05) is 38.9 Å². The molecule has 0 saturated carbocycles. The molecule has 1 N–H and O–H groups in total. The minimum Gasteiger partial charge on any atom is -0.474 e. The lowest BCUT2D eigenvalue weighted by atomic mass is 10.1. The zero-order valence-corrected chi connectivity index (χ0v) is 23.0. The predicted octanol–water partition coefficient (Wildman–Crippen LogP) is 2.95. The van der Waals surface area contributed by atoms with Gasteiger partial charge in [0.25, 0.3) is 11.5 Å². The van der Waals surface area contributed by atoms with Gasteiger partial charge in [-0.05, 0) is 23.3 Å². The highest BCUT2D eigenvalue weighted by Gasteiger charge is 2.42. The quantitative estimate of drug-likeness (QED) is 0.349. The Morgan fingerprint density at radius 1 is 1.07 bits per heavy atom. The highest BCUT2D eigenvalue weighted by atomic mass is 19.4. The molecule has 0 bridgehead atoms. The van der Waals surface area contributed by atoms with Crippen LogP contribution in [0.15, 0.2) is 66.0 Å². The minimum atomic E-state index is -4.91. The molecule has 1 atom stereocenters. The van der Waals surface area contributed by atoms with Crippen molar-refractivity contribution < 1.29 is 22.7 Å². The van der Waals surface area contributed by atoms with E-state index in [9.17, 15) is 22.8 Å². The van der Waals surface area contributed by atoms with Crippen LogP contribution in [0, 0.1) is 11.3 Å². The molecule has 1 fully saturated rings. The zero-order chi connectivity index (χ0) is 30.8. The molecule has 44 heavy (non-hydrogen) atoms. The number of aromatic nitrogens is 5. The molecule has 6 rings (SSSR count). The van der Waals surface area contributed by atoms with E-state index in [2.05, 4.69) is 20.1 Å². The number of aromatic amines is 1. The summed E-state index contributed by atoms with van der Waals surface area (Å²) in [6.07, 6.45) is 0.240. The molecule has 15 heteroatoms. The molecule has 1 amide bonds. The number of pyridine rings is 1. The van der Waals surface area contributed by atoms with Gasteiger partial charge in [0.1, 0.15) is 24.1 Å². The van der Waals surface area contributed by atoms with Crippen molar-refractivity contribution in [1.82, 2.24) is 30.0 Å². The number of ether oxygens (including phenoxy) is 1. The Bertz CT molecular complexity index is 1780. The average molecular weight is 604 g/mol. The maximum absolute atomic E-state index is 13.9. The van der Waals surface area contributed by atoms with Crippen molar-refractivity contribution in [1.29, 1.82) is 5.26 Å². The third-order valence-corrected chi connectivity index (χ3v) is 7.55. The first-order chi connectivity index (χ1) is 21.2. The van der Waals surface area contributed by atoms with E-state index in [1.54, 1.807) is 41.3 Å². The van der Waals surface area contributed by atoms with Gasteiger partial charge in [0.2, 0.25) is 5.88 Å². The molecular weight excluding hydrogens is 579 g/mol. The van der Waals surface area contributed by atoms with E-state index in [0.29, 0.717) is 37.6 Å². The maximum Gasteiger partial charge on any atom is 0.423 e. The van der Waals surface area contributed by atoms with E-state index in [-0.39, 0.29) is 36.3 Å². The molecule has 1 aromatic carbocycles. The number of amides is 1. The summed E-state index contributed by atoms with van der Waals surface area (Å²) in [5.41, 5.74) is -1.00. The van der Waals surface area contributed by atoms with Crippen LogP contribution in [0.1, 0.15) is 38.8 Å². The second-order valence-electron chi connectivity index (χ2n) is 10.1. The highest BCUT2D eigenvalue weighted by molar-refractivity contribution is 5.92. The van der Waals surface area contributed by atoms with Crippen LogP contribution in [0.25, 0.3) is 0 Å². The van der Waals surface area contributed by atoms with Crippen LogP contribution in [0.5, 0.6) is 5.88 Å². The summed E-state index contributed by atoms with van der Waals surface area (Å²) in [5, 5.41) is 14.5. The van der Waals surface area contributed by atoms with Gasteiger partial charge in [-0.1, -0.05) is 24.3 Å². The number of carbonyl (C=O) groups excluding carboxylic acids is 1. The summed E-state index contributed by atoms with van der Waals surface area (Å²) in [6, 6.07) is 11.9. The second-order valence-corrected chi connectivity index (χ2v) is 10.1. The number of H-pyrrole nitrogens is 1. The van der Waals surface area contributed by atoms with E-state index in [1.165, 1.54) is 23.5 Å². The third kappa shape index (κ3) is 5.61. The van der Waals surface area contributed by atoms with Crippen molar-refractivity contribution in [2.24, 2.45) is 0 Å². The summed E-state index contributed by atoms with van der Waals surface area (Å²) in [4.78, 5) is 43.3. The first-order valence-corrected chi connectivity index (χ1v) is 13.6. The number of rotatable bonds is 6. The molecule has 0 radical (unpaired) electrons. The third-order valence-electron chi connectivity index (χ3n) is 7.55. The SMILES string of the molecule is N#Cc1ccc(N2CCN(C(=O)c3cncc(OCC4c5ccccc5CN4c4cn[nH]c(=O)c4C(F)(F)F)n3)CC2)nc1. The molecule has 4 aromatic rings. The molecule has 2 aliphatic rings. The average Bonchev–Trinajstić information content (AvgIpc) is 3.41. The van der Waals surface area contributed by atoms with Crippen LogP contribution in [0.2, 0.25) is 0 Å². The van der Waals surface area contributed by atoms with Gasteiger partial charge in [0.05, 0.1) is 35.9 Å². The van der Waals surface area contributed by atoms with Crippen LogP contribution in [-0.2, 0) is 12.7 Å². The zero-order valence-electron chi connectivity index (χ0n) is 23.0. The van der Waals surface area contributed by atoms with Crippen LogP contribution in [0.4, 0.5) is 24.7 Å². The van der Waals surface area contributed by atoms with Gasteiger partial charge in [0.15, 0.2) is 5.69 Å². The number of halogens is 3. The topological polar surface area (TPSA) is 144 Å². The standard InChI is InChI=1S/C29H24F3N9O3/c30-29(31,32)26-22(14-36-38-27(26)42)41-16-19-3-1-2-4-20(19)23(41)17-44-25-15-34-13-21(37-25)28(43)40-9-7-39(8-10-40)24-6-5-18(11-33)12-35-24/h1-6,12-15,23H,7-10,16-17H2,(H,38,42). The maximum atomic E-state index is 13.9. The van der Waals surface area contributed by atoms with Crippen LogP contribution < -0.4 is 20.1 Å². The lowest BCUT2D eigenvalue weighted by molar-refractivity contribution is -0.138. The smallest absolute Gasteiger partial charge is 0.423 e. The summed E-state index contributed by atoms with van der Waals surface area (Å²) >= 11 is 0.